The maximum absolute atomic E-state index is 14.2. The van der Waals surface area contributed by atoms with Gasteiger partial charge in [0.1, 0.15) is 5.82 Å². The van der Waals surface area contributed by atoms with Crippen LogP contribution in [0, 0.1) is 11.7 Å². The molecule has 31 heavy (non-hydrogen) atoms. The van der Waals surface area contributed by atoms with Crippen molar-refractivity contribution in [3.05, 3.63) is 86.7 Å². The van der Waals surface area contributed by atoms with Gasteiger partial charge in [0.15, 0.2) is 0 Å². The van der Waals surface area contributed by atoms with Crippen LogP contribution in [0.3, 0.4) is 0 Å². The van der Waals surface area contributed by atoms with Gasteiger partial charge in [0.25, 0.3) is 0 Å². The normalized spacial score (nSPS) is 24.2. The van der Waals surface area contributed by atoms with Gasteiger partial charge in [-0.1, -0.05) is 40.9 Å². The van der Waals surface area contributed by atoms with Gasteiger partial charge < -0.3 is 10.0 Å². The van der Waals surface area contributed by atoms with Crippen LogP contribution in [0.25, 0.3) is 0 Å². The molecule has 3 aliphatic rings. The molecule has 2 atom stereocenters. The molecular formula is C24H18Cl2FNO3. The molecule has 2 aliphatic carbocycles. The first-order chi connectivity index (χ1) is 14.8. The quantitative estimate of drug-likeness (QED) is 0.628. The van der Waals surface area contributed by atoms with Crippen LogP contribution < -0.4 is 4.90 Å². The first-order valence-corrected chi connectivity index (χ1v) is 10.8. The van der Waals surface area contributed by atoms with E-state index in [9.17, 15) is 19.1 Å². The Kier molecular flexibility index (Phi) is 4.72. The highest BCUT2D eigenvalue weighted by Gasteiger charge is 2.67. The first-order valence-electron chi connectivity index (χ1n) is 10.00. The van der Waals surface area contributed by atoms with Crippen molar-refractivity contribution in [3.63, 3.8) is 0 Å². The summed E-state index contributed by atoms with van der Waals surface area (Å²) in [5.74, 6) is -1.56. The largest absolute Gasteiger partial charge is 0.478 e. The van der Waals surface area contributed by atoms with Crippen LogP contribution in [0.5, 0.6) is 0 Å². The summed E-state index contributed by atoms with van der Waals surface area (Å²) in [6, 6.07) is 9.15. The van der Waals surface area contributed by atoms with Crippen molar-refractivity contribution in [2.45, 2.75) is 31.2 Å². The third kappa shape index (κ3) is 3.19. The van der Waals surface area contributed by atoms with E-state index in [-0.39, 0.29) is 34.8 Å². The topological polar surface area (TPSA) is 57.6 Å². The molecule has 0 saturated heterocycles. The molecule has 1 N–H and O–H groups in total. The second kappa shape index (κ2) is 7.21. The number of anilines is 1. The SMILES string of the molecule is O=C(O)c1cc(CN2C(=O)[C@]3(C[C@@H]3C3=CC=C(Cl)CC3)c3cc(F)ccc32)ccc1Cl. The van der Waals surface area contributed by atoms with Crippen molar-refractivity contribution in [1.82, 2.24) is 0 Å². The second-order valence-corrected chi connectivity index (χ2v) is 9.15. The van der Waals surface area contributed by atoms with Gasteiger partial charge in [-0.25, -0.2) is 9.18 Å². The number of fused-ring (bicyclic) bond motifs is 2. The Balaban J connectivity index is 1.52. The van der Waals surface area contributed by atoms with E-state index in [2.05, 4.69) is 0 Å². The van der Waals surface area contributed by atoms with E-state index >= 15 is 0 Å². The Bertz CT molecular complexity index is 1210. The standard InChI is InChI=1S/C24H18Cl2FNO3/c25-15-4-2-14(3-5-15)19-11-24(19)18-10-16(27)6-8-21(18)28(23(24)31)12-13-1-7-20(26)17(9-13)22(29)30/h1-2,4,6-10,19H,3,5,11-12H2,(H,29,30)/t19-,24-/m1/s1. The fourth-order valence-corrected chi connectivity index (χ4v) is 5.26. The van der Waals surface area contributed by atoms with Crippen LogP contribution in [0.4, 0.5) is 10.1 Å². The number of carboxylic acid groups (broad SMARTS) is 1. The highest BCUT2D eigenvalue weighted by Crippen LogP contribution is 2.65. The number of carbonyl (C=O) groups is 2. The molecule has 0 aromatic heterocycles. The molecular weight excluding hydrogens is 440 g/mol. The van der Waals surface area contributed by atoms with Crippen LogP contribution >= 0.6 is 23.2 Å². The zero-order chi connectivity index (χ0) is 21.9. The lowest BCUT2D eigenvalue weighted by Gasteiger charge is -2.19. The number of carboxylic acids is 1. The number of benzene rings is 2. The molecule has 0 unspecified atom stereocenters. The molecule has 1 amide bonds. The van der Waals surface area contributed by atoms with Crippen LogP contribution in [0.15, 0.2) is 59.2 Å². The van der Waals surface area contributed by atoms with E-state index in [1.165, 1.54) is 24.3 Å². The predicted molar refractivity (Wildman–Crippen MR) is 117 cm³/mol. The minimum atomic E-state index is -1.13. The van der Waals surface area contributed by atoms with Crippen molar-refractivity contribution < 1.29 is 19.1 Å². The van der Waals surface area contributed by atoms with Gasteiger partial charge in [-0.15, -0.1) is 0 Å². The fourth-order valence-electron chi connectivity index (χ4n) is 4.90. The van der Waals surface area contributed by atoms with E-state index < -0.39 is 11.4 Å². The minimum absolute atomic E-state index is 0.0137. The molecule has 0 bridgehead atoms. The number of rotatable bonds is 4. The van der Waals surface area contributed by atoms with Gasteiger partial charge in [0, 0.05) is 16.6 Å². The summed E-state index contributed by atoms with van der Waals surface area (Å²) in [4.78, 5) is 26.7. The van der Waals surface area contributed by atoms with Crippen molar-refractivity contribution >= 4 is 40.8 Å². The van der Waals surface area contributed by atoms with Crippen LogP contribution in [-0.2, 0) is 16.8 Å². The van der Waals surface area contributed by atoms with E-state index in [1.807, 2.05) is 12.2 Å². The molecule has 2 aromatic rings. The van der Waals surface area contributed by atoms with Crippen molar-refractivity contribution in [3.8, 4) is 0 Å². The van der Waals surface area contributed by atoms with Gasteiger partial charge in [-0.05, 0) is 66.8 Å². The van der Waals surface area contributed by atoms with Crippen LogP contribution in [-0.4, -0.2) is 17.0 Å². The van der Waals surface area contributed by atoms with Crippen molar-refractivity contribution in [2.75, 3.05) is 4.90 Å². The van der Waals surface area contributed by atoms with Crippen LogP contribution in [0.2, 0.25) is 5.02 Å². The lowest BCUT2D eigenvalue weighted by molar-refractivity contribution is -0.120. The molecule has 0 radical (unpaired) electrons. The van der Waals surface area contributed by atoms with Crippen molar-refractivity contribution in [2.24, 2.45) is 5.92 Å². The molecule has 7 heteroatoms. The van der Waals surface area contributed by atoms with Crippen LogP contribution in [0.1, 0.15) is 40.7 Å². The number of aromatic carboxylic acids is 1. The highest BCUT2D eigenvalue weighted by molar-refractivity contribution is 6.33. The van der Waals surface area contributed by atoms with E-state index in [4.69, 9.17) is 23.2 Å². The molecule has 1 spiro atoms. The summed E-state index contributed by atoms with van der Waals surface area (Å²) in [6.07, 6.45) is 6.03. The molecule has 1 saturated carbocycles. The molecule has 1 heterocycles. The zero-order valence-corrected chi connectivity index (χ0v) is 17.9. The predicted octanol–water partition coefficient (Wildman–Crippen LogP) is 5.82. The molecule has 4 nitrogen and oxygen atoms in total. The van der Waals surface area contributed by atoms with Crippen molar-refractivity contribution in [1.29, 1.82) is 0 Å². The Morgan fingerprint density at radius 1 is 1.16 bits per heavy atom. The van der Waals surface area contributed by atoms with Gasteiger partial charge in [-0.2, -0.15) is 0 Å². The number of halogens is 3. The first kappa shape index (κ1) is 20.3. The summed E-state index contributed by atoms with van der Waals surface area (Å²) < 4.78 is 14.2. The minimum Gasteiger partial charge on any atom is -0.478 e. The number of allylic oxidation sites excluding steroid dienone is 4. The van der Waals surface area contributed by atoms with Gasteiger partial charge >= 0.3 is 5.97 Å². The third-order valence-electron chi connectivity index (χ3n) is 6.50. The number of carbonyl (C=O) groups excluding carboxylic acids is 1. The Hall–Kier alpha value is -2.63. The smallest absolute Gasteiger partial charge is 0.337 e. The van der Waals surface area contributed by atoms with E-state index in [0.717, 1.165) is 23.4 Å². The average Bonchev–Trinajstić information content (AvgIpc) is 3.45. The monoisotopic (exact) mass is 457 g/mol. The maximum atomic E-state index is 14.2. The van der Waals surface area contributed by atoms with Gasteiger partial charge in [-0.3, -0.25) is 4.79 Å². The third-order valence-corrected chi connectivity index (χ3v) is 7.14. The summed E-state index contributed by atoms with van der Waals surface area (Å²) >= 11 is 12.1. The lowest BCUT2D eigenvalue weighted by Crippen LogP contribution is -2.33. The summed E-state index contributed by atoms with van der Waals surface area (Å²) in [5, 5.41) is 10.3. The second-order valence-electron chi connectivity index (χ2n) is 8.26. The molecule has 1 fully saturated rings. The molecule has 158 valence electrons. The van der Waals surface area contributed by atoms with E-state index in [1.54, 1.807) is 17.0 Å². The maximum Gasteiger partial charge on any atom is 0.337 e. The van der Waals surface area contributed by atoms with Gasteiger partial charge in [0.05, 0.1) is 22.5 Å². The summed E-state index contributed by atoms with van der Waals surface area (Å²) in [6.45, 7) is 0.189. The Labute approximate surface area is 188 Å². The Morgan fingerprint density at radius 3 is 2.68 bits per heavy atom. The Morgan fingerprint density at radius 2 is 1.97 bits per heavy atom. The summed E-state index contributed by atoms with van der Waals surface area (Å²) in [7, 11) is 0. The summed E-state index contributed by atoms with van der Waals surface area (Å²) in [5.41, 5.74) is 2.41. The number of hydrogen-bond donors (Lipinski definition) is 1. The molecule has 1 aliphatic heterocycles. The lowest BCUT2D eigenvalue weighted by atomic mass is 9.89. The fraction of sp³-hybridized carbons (Fsp3) is 0.250. The highest BCUT2D eigenvalue weighted by atomic mass is 35.5. The number of hydrogen-bond acceptors (Lipinski definition) is 2. The number of amides is 1. The van der Waals surface area contributed by atoms with E-state index in [0.29, 0.717) is 23.2 Å². The van der Waals surface area contributed by atoms with Gasteiger partial charge in [0.2, 0.25) is 5.91 Å². The molecule has 2 aromatic carbocycles. The number of nitrogens with zero attached hydrogens (tertiary/aromatic N) is 1. The molecule has 5 rings (SSSR count). The average molecular weight is 458 g/mol. The zero-order valence-electron chi connectivity index (χ0n) is 16.4.